The van der Waals surface area contributed by atoms with Gasteiger partial charge in [-0.05, 0) is 62.1 Å². The van der Waals surface area contributed by atoms with Gasteiger partial charge in [0.05, 0.1) is 13.2 Å². The lowest BCUT2D eigenvalue weighted by molar-refractivity contribution is 0.133. The van der Waals surface area contributed by atoms with Crippen molar-refractivity contribution in [1.29, 1.82) is 0 Å². The summed E-state index contributed by atoms with van der Waals surface area (Å²) in [6, 6.07) is 6.15. The molecule has 3 fully saturated rings. The van der Waals surface area contributed by atoms with E-state index in [-0.39, 0.29) is 12.1 Å². The fraction of sp³-hybridized carbons (Fsp3) is 0.632. The summed E-state index contributed by atoms with van der Waals surface area (Å²) in [5.41, 5.74) is 1.11. The van der Waals surface area contributed by atoms with E-state index in [1.165, 1.54) is 25.7 Å². The molecule has 130 valence electrons. The number of fused-ring (bicyclic) bond motifs is 2. The second-order valence-corrected chi connectivity index (χ2v) is 7.23. The molecule has 24 heavy (non-hydrogen) atoms. The molecule has 2 aliphatic carbocycles. The summed E-state index contributed by atoms with van der Waals surface area (Å²) in [7, 11) is 1.68. The molecule has 5 heteroatoms. The van der Waals surface area contributed by atoms with E-state index in [9.17, 15) is 4.79 Å². The van der Waals surface area contributed by atoms with Crippen LogP contribution in [0.15, 0.2) is 18.2 Å². The quantitative estimate of drug-likeness (QED) is 0.901. The fourth-order valence-corrected chi connectivity index (χ4v) is 4.69. The van der Waals surface area contributed by atoms with E-state index in [0.29, 0.717) is 25.1 Å². The molecule has 1 aromatic carbocycles. The number of nitrogens with one attached hydrogen (secondary N) is 1. The highest BCUT2D eigenvalue weighted by atomic mass is 16.5. The average molecular weight is 330 g/mol. The molecule has 1 saturated heterocycles. The predicted octanol–water partition coefficient (Wildman–Crippen LogP) is 3.35. The van der Waals surface area contributed by atoms with Gasteiger partial charge in [-0.2, -0.15) is 0 Å². The van der Waals surface area contributed by atoms with Crippen LogP contribution in [0.5, 0.6) is 11.5 Å². The van der Waals surface area contributed by atoms with Crippen LogP contribution in [0.2, 0.25) is 0 Å². The van der Waals surface area contributed by atoms with Crippen molar-refractivity contribution in [2.24, 2.45) is 11.8 Å². The predicted molar refractivity (Wildman–Crippen MR) is 91.4 cm³/mol. The zero-order valence-electron chi connectivity index (χ0n) is 14.5. The van der Waals surface area contributed by atoms with Crippen LogP contribution in [0.25, 0.3) is 0 Å². The summed E-state index contributed by atoms with van der Waals surface area (Å²) in [6.07, 6.45) is 5.46. The third-order valence-corrected chi connectivity index (χ3v) is 5.95. The summed E-state index contributed by atoms with van der Waals surface area (Å²) in [6.45, 7) is 3.35. The van der Waals surface area contributed by atoms with Gasteiger partial charge in [-0.15, -0.1) is 0 Å². The Bertz CT molecular complexity index is 633. The number of likely N-dealkylation sites (N-methyl/N-ethyl adjacent to an activating group) is 1. The molecule has 1 heterocycles. The first-order valence-corrected chi connectivity index (χ1v) is 9.08. The molecule has 2 amide bonds. The first-order valence-electron chi connectivity index (χ1n) is 9.08. The van der Waals surface area contributed by atoms with Gasteiger partial charge in [0.1, 0.15) is 6.10 Å². The van der Waals surface area contributed by atoms with E-state index in [0.717, 1.165) is 23.0 Å². The summed E-state index contributed by atoms with van der Waals surface area (Å²) in [4.78, 5) is 13.8. The average Bonchev–Trinajstić information content (AvgIpc) is 3.30. The van der Waals surface area contributed by atoms with E-state index in [2.05, 4.69) is 11.4 Å². The second kappa shape index (κ2) is 6.19. The molecule has 1 aromatic rings. The second-order valence-electron chi connectivity index (χ2n) is 7.23. The molecule has 4 rings (SSSR count). The van der Waals surface area contributed by atoms with Gasteiger partial charge < -0.3 is 19.7 Å². The fourth-order valence-electron chi connectivity index (χ4n) is 4.69. The van der Waals surface area contributed by atoms with Gasteiger partial charge in [-0.3, -0.25) is 0 Å². The highest BCUT2D eigenvalue weighted by molar-refractivity contribution is 5.77. The minimum absolute atomic E-state index is 0.00823. The van der Waals surface area contributed by atoms with Gasteiger partial charge >= 0.3 is 6.03 Å². The monoisotopic (exact) mass is 330 g/mol. The van der Waals surface area contributed by atoms with Crippen LogP contribution < -0.4 is 14.8 Å². The Morgan fingerprint density at radius 2 is 2.12 bits per heavy atom. The molecular formula is C19H26N2O3. The number of hydrogen-bond acceptors (Lipinski definition) is 3. The van der Waals surface area contributed by atoms with Crippen molar-refractivity contribution < 1.29 is 14.3 Å². The molecule has 1 aliphatic heterocycles. The lowest BCUT2D eigenvalue weighted by Gasteiger charge is -2.26. The van der Waals surface area contributed by atoms with Crippen molar-refractivity contribution in [2.75, 3.05) is 20.2 Å². The highest BCUT2D eigenvalue weighted by Crippen LogP contribution is 2.47. The topological polar surface area (TPSA) is 50.8 Å². The number of urea groups is 1. The van der Waals surface area contributed by atoms with E-state index in [1.54, 1.807) is 7.11 Å². The van der Waals surface area contributed by atoms with Gasteiger partial charge in [0.15, 0.2) is 11.5 Å². The van der Waals surface area contributed by atoms with Gasteiger partial charge in [-0.1, -0.05) is 6.07 Å². The third-order valence-electron chi connectivity index (χ3n) is 5.95. The Labute approximate surface area is 143 Å². The maximum Gasteiger partial charge on any atom is 0.318 e. The summed E-state index contributed by atoms with van der Waals surface area (Å²) < 4.78 is 11.9. The molecule has 2 bridgehead atoms. The zero-order chi connectivity index (χ0) is 16.7. The third kappa shape index (κ3) is 2.60. The van der Waals surface area contributed by atoms with E-state index in [1.807, 2.05) is 24.0 Å². The smallest absolute Gasteiger partial charge is 0.318 e. The molecule has 5 nitrogen and oxygen atoms in total. The zero-order valence-corrected chi connectivity index (χ0v) is 14.5. The van der Waals surface area contributed by atoms with Crippen LogP contribution in [-0.4, -0.2) is 37.2 Å². The van der Waals surface area contributed by atoms with Crippen molar-refractivity contribution >= 4 is 6.03 Å². The Kier molecular flexibility index (Phi) is 4.02. The van der Waals surface area contributed by atoms with Gasteiger partial charge in [0.25, 0.3) is 0 Å². The summed E-state index contributed by atoms with van der Waals surface area (Å²) in [5, 5.41) is 2.93. The van der Waals surface area contributed by atoms with E-state index >= 15 is 0 Å². The standard InChI is InChI=1S/C19H26N2O3/c1-3-21-15(11-20-19(21)22)13-6-7-16(23-2)18(10-13)24-17-9-12-4-5-14(17)8-12/h6-7,10,12,14-15,17H,3-5,8-9,11H2,1-2H3,(H,20,22). The molecular weight excluding hydrogens is 304 g/mol. The number of amides is 2. The molecule has 0 spiro atoms. The largest absolute Gasteiger partial charge is 0.493 e. The first-order chi connectivity index (χ1) is 11.7. The van der Waals surface area contributed by atoms with Crippen molar-refractivity contribution in [1.82, 2.24) is 10.2 Å². The SMILES string of the molecule is CCN1C(=O)NCC1c1ccc(OC)c(OC2CC3CCC2C3)c1. The number of methoxy groups -OCH3 is 1. The number of benzene rings is 1. The number of nitrogens with zero attached hydrogens (tertiary/aromatic N) is 1. The van der Waals surface area contributed by atoms with Crippen LogP contribution in [-0.2, 0) is 0 Å². The Hall–Kier alpha value is -1.91. The van der Waals surface area contributed by atoms with Crippen LogP contribution in [0.1, 0.15) is 44.2 Å². The van der Waals surface area contributed by atoms with Crippen LogP contribution >= 0.6 is 0 Å². The highest BCUT2D eigenvalue weighted by Gasteiger charge is 2.41. The number of carbonyl (C=O) groups excluding carboxylic acids is 1. The lowest BCUT2D eigenvalue weighted by atomic mass is 9.97. The maximum absolute atomic E-state index is 11.9. The van der Waals surface area contributed by atoms with Gasteiger partial charge in [0.2, 0.25) is 0 Å². The minimum Gasteiger partial charge on any atom is -0.493 e. The minimum atomic E-state index is 0.00823. The summed E-state index contributed by atoms with van der Waals surface area (Å²) in [5.74, 6) is 3.15. The Morgan fingerprint density at radius 1 is 1.25 bits per heavy atom. The van der Waals surface area contributed by atoms with Crippen LogP contribution in [0, 0.1) is 11.8 Å². The molecule has 0 aromatic heterocycles. The molecule has 4 unspecified atom stereocenters. The molecule has 3 aliphatic rings. The van der Waals surface area contributed by atoms with Gasteiger partial charge in [0, 0.05) is 13.1 Å². The van der Waals surface area contributed by atoms with Crippen molar-refractivity contribution in [3.05, 3.63) is 23.8 Å². The van der Waals surface area contributed by atoms with Crippen molar-refractivity contribution in [3.8, 4) is 11.5 Å². The molecule has 2 saturated carbocycles. The lowest BCUT2D eigenvalue weighted by Crippen LogP contribution is -2.29. The number of rotatable bonds is 5. The van der Waals surface area contributed by atoms with Gasteiger partial charge in [-0.25, -0.2) is 4.79 Å². The number of hydrogen-bond donors (Lipinski definition) is 1. The first kappa shape index (κ1) is 15.6. The van der Waals surface area contributed by atoms with E-state index < -0.39 is 0 Å². The number of ether oxygens (including phenoxy) is 2. The van der Waals surface area contributed by atoms with Crippen molar-refractivity contribution in [3.63, 3.8) is 0 Å². The molecule has 0 radical (unpaired) electrons. The number of carbonyl (C=O) groups is 1. The van der Waals surface area contributed by atoms with Crippen LogP contribution in [0.4, 0.5) is 4.79 Å². The Morgan fingerprint density at radius 3 is 2.79 bits per heavy atom. The molecule has 1 N–H and O–H groups in total. The van der Waals surface area contributed by atoms with E-state index in [4.69, 9.17) is 9.47 Å². The van der Waals surface area contributed by atoms with Crippen molar-refractivity contribution in [2.45, 2.75) is 44.8 Å². The van der Waals surface area contributed by atoms with Crippen LogP contribution in [0.3, 0.4) is 0 Å². The normalized spacial score (nSPS) is 31.4. The maximum atomic E-state index is 11.9. The Balaban J connectivity index is 1.58. The molecule has 4 atom stereocenters. The summed E-state index contributed by atoms with van der Waals surface area (Å²) >= 11 is 0.